The molecule has 0 atom stereocenters. The van der Waals surface area contributed by atoms with Crippen molar-refractivity contribution in [1.29, 1.82) is 0 Å². The molecule has 0 aromatic heterocycles. The summed E-state index contributed by atoms with van der Waals surface area (Å²) in [6, 6.07) is 0. The maximum absolute atomic E-state index is 2.29. The fourth-order valence-corrected chi connectivity index (χ4v) is 2.41. The predicted octanol–water partition coefficient (Wildman–Crippen LogP) is 4.88. The van der Waals surface area contributed by atoms with Gasteiger partial charge in [0.25, 0.3) is 0 Å². The Labute approximate surface area is 109 Å². The summed E-state index contributed by atoms with van der Waals surface area (Å²) in [5.74, 6) is 0. The number of rotatable bonds is 11. The maximum atomic E-state index is 2.29. The van der Waals surface area contributed by atoms with Crippen molar-refractivity contribution in [1.82, 2.24) is 0 Å². The Morgan fingerprint density at radius 1 is 0.571 bits per heavy atom. The molecule has 0 N–H and O–H groups in total. The summed E-state index contributed by atoms with van der Waals surface area (Å²) in [6.07, 6.45) is 16.2. The molecule has 0 fully saturated rings. The third-order valence-electron chi connectivity index (χ3n) is 2.96. The van der Waals surface area contributed by atoms with Gasteiger partial charge in [-0.05, 0) is 0 Å². The average Bonchev–Trinajstić information content (AvgIpc) is 2.21. The number of hydrogen-bond donors (Lipinski definition) is 0. The molecule has 0 heterocycles. The summed E-state index contributed by atoms with van der Waals surface area (Å²) in [6.45, 7) is 2.29. The molecule has 0 aliphatic heterocycles. The van der Waals surface area contributed by atoms with Crippen LogP contribution in [0.15, 0.2) is 0 Å². The Morgan fingerprint density at radius 2 is 0.929 bits per heavy atom. The summed E-state index contributed by atoms with van der Waals surface area (Å²) in [5, 5.41) is 0. The zero-order valence-electron chi connectivity index (χ0n) is 10.5. The van der Waals surface area contributed by atoms with Crippen LogP contribution in [0.5, 0.6) is 0 Å². The molecule has 0 amide bonds. The Hall–Kier alpha value is 1.00. The van der Waals surface area contributed by atoms with Gasteiger partial charge in [-0.1, -0.05) is 6.92 Å². The number of unbranched alkanes of at least 4 members (excludes halogenated alkanes) is 10. The van der Waals surface area contributed by atoms with Gasteiger partial charge in [-0.2, -0.15) is 0 Å². The Bertz CT molecular complexity index is 79.2. The van der Waals surface area contributed by atoms with Crippen LogP contribution in [0.25, 0.3) is 0 Å². The summed E-state index contributed by atoms with van der Waals surface area (Å²) in [7, 11) is 0. The molecule has 0 saturated carbocycles. The van der Waals surface area contributed by atoms with Crippen molar-refractivity contribution in [3.8, 4) is 0 Å². The van der Waals surface area contributed by atoms with Crippen LogP contribution in [0.2, 0.25) is 3.67 Å². The fourth-order valence-electron chi connectivity index (χ4n) is 1.91. The third kappa shape index (κ3) is 13.0. The van der Waals surface area contributed by atoms with Crippen LogP contribution in [0, 0.1) is 0 Å². The van der Waals surface area contributed by atoms with Crippen LogP contribution in [-0.2, 0) is 0 Å². The van der Waals surface area contributed by atoms with Gasteiger partial charge < -0.3 is 0 Å². The average molecular weight is 206 g/mol. The van der Waals surface area contributed by atoms with E-state index in [-0.39, 0.29) is 0 Å². The minimum absolute atomic E-state index is 1.38. The molecule has 0 aromatic rings. The van der Waals surface area contributed by atoms with Gasteiger partial charge in [-0.25, -0.2) is 0 Å². The first-order valence-corrected chi connectivity index (χ1v) is 8.33. The van der Waals surface area contributed by atoms with Crippen LogP contribution in [0.3, 0.4) is 0 Å². The fraction of sp³-hybridized carbons (Fsp3) is 1.00. The molecule has 0 rings (SSSR count). The Kier molecular flexibility index (Phi) is 15.0. The van der Waals surface area contributed by atoms with Gasteiger partial charge in [0.1, 0.15) is 0 Å². The Morgan fingerprint density at radius 3 is 1.29 bits per heavy atom. The normalized spacial score (nSPS) is 10.8. The predicted molar refractivity (Wildman–Crippen MR) is 67.0 cm³/mol. The summed E-state index contributed by atoms with van der Waals surface area (Å²) >= 11 is 1.41. The van der Waals surface area contributed by atoms with Crippen molar-refractivity contribution < 1.29 is 0 Å². The topological polar surface area (TPSA) is 0 Å². The summed E-state index contributed by atoms with van der Waals surface area (Å²) in [5.41, 5.74) is 0. The van der Waals surface area contributed by atoms with E-state index in [0.717, 1.165) is 0 Å². The Balaban J connectivity index is 2.78. The molecule has 0 aliphatic rings. The van der Waals surface area contributed by atoms with Gasteiger partial charge in [-0.15, -0.1) is 0 Å². The first-order chi connectivity index (χ1) is 6.91. The molecule has 0 radical (unpaired) electrons. The molecule has 0 aromatic carbocycles. The van der Waals surface area contributed by atoms with Crippen LogP contribution in [-0.4, -0.2) is 27.9 Å². The molecule has 0 bridgehead atoms. The summed E-state index contributed by atoms with van der Waals surface area (Å²) in [4.78, 5) is 0. The standard InChI is InChI=1S/C13H27.Na/c1-3-5-7-9-11-13-12-10-8-6-4-2;/h1,3-13H2,2H3;. The first kappa shape index (κ1) is 15.0. The van der Waals surface area contributed by atoms with Gasteiger partial charge in [-0.3, -0.25) is 0 Å². The molecule has 1 heteroatoms. The van der Waals surface area contributed by atoms with E-state index < -0.39 is 0 Å². The van der Waals surface area contributed by atoms with E-state index in [0.29, 0.717) is 0 Å². The van der Waals surface area contributed by atoms with E-state index in [2.05, 4.69) is 6.92 Å². The SMILES string of the molecule is CCCCCCCCCCCC[CH2][Na]. The van der Waals surface area contributed by atoms with Gasteiger partial charge in [0.05, 0.1) is 0 Å². The number of hydrogen-bond acceptors (Lipinski definition) is 0. The monoisotopic (exact) mass is 206 g/mol. The molecule has 80 valence electrons. The van der Waals surface area contributed by atoms with Crippen LogP contribution in [0.4, 0.5) is 0 Å². The van der Waals surface area contributed by atoms with Crippen LogP contribution >= 0.6 is 0 Å². The van der Waals surface area contributed by atoms with Crippen LogP contribution < -0.4 is 0 Å². The summed E-state index contributed by atoms with van der Waals surface area (Å²) < 4.78 is 1.51. The van der Waals surface area contributed by atoms with Crippen molar-refractivity contribution in [2.45, 2.75) is 81.2 Å². The van der Waals surface area contributed by atoms with Crippen molar-refractivity contribution in [2.24, 2.45) is 0 Å². The molecule has 0 spiro atoms. The zero-order valence-corrected chi connectivity index (χ0v) is 12.5. The van der Waals surface area contributed by atoms with Gasteiger partial charge >= 0.3 is 102 Å². The van der Waals surface area contributed by atoms with E-state index in [1.807, 2.05) is 0 Å². The first-order valence-electron chi connectivity index (χ1n) is 6.91. The van der Waals surface area contributed by atoms with Gasteiger partial charge in [0, 0.05) is 0 Å². The third-order valence-corrected chi connectivity index (χ3v) is 3.66. The molecule has 14 heavy (non-hydrogen) atoms. The van der Waals surface area contributed by atoms with Crippen molar-refractivity contribution in [3.63, 3.8) is 0 Å². The van der Waals surface area contributed by atoms with Gasteiger partial charge in [0.15, 0.2) is 0 Å². The van der Waals surface area contributed by atoms with Crippen molar-refractivity contribution >= 4 is 27.9 Å². The second kappa shape index (κ2) is 14.0. The zero-order chi connectivity index (χ0) is 10.5. The van der Waals surface area contributed by atoms with Crippen molar-refractivity contribution in [3.05, 3.63) is 0 Å². The molecular weight excluding hydrogens is 179 g/mol. The molecule has 0 aliphatic carbocycles. The molecular formula is C13H27Na. The van der Waals surface area contributed by atoms with E-state index in [4.69, 9.17) is 0 Å². The molecule has 0 saturated heterocycles. The van der Waals surface area contributed by atoms with Crippen molar-refractivity contribution in [2.75, 3.05) is 0 Å². The molecule has 0 nitrogen and oxygen atoms in total. The molecule has 0 unspecified atom stereocenters. The van der Waals surface area contributed by atoms with E-state index in [9.17, 15) is 0 Å². The van der Waals surface area contributed by atoms with E-state index >= 15 is 0 Å². The van der Waals surface area contributed by atoms with E-state index in [1.54, 1.807) is 0 Å². The minimum atomic E-state index is 1.38. The second-order valence-electron chi connectivity index (χ2n) is 4.54. The van der Waals surface area contributed by atoms with Crippen LogP contribution in [0.1, 0.15) is 77.6 Å². The second-order valence-corrected chi connectivity index (χ2v) is 5.54. The van der Waals surface area contributed by atoms with E-state index in [1.165, 1.54) is 102 Å². The quantitative estimate of drug-likeness (QED) is 0.334. The van der Waals surface area contributed by atoms with Gasteiger partial charge in [0.2, 0.25) is 0 Å².